The Kier molecular flexibility index (Phi) is 6.53. The van der Waals surface area contributed by atoms with E-state index in [-0.39, 0.29) is 18.0 Å². The molecule has 1 saturated heterocycles. The highest BCUT2D eigenvalue weighted by Crippen LogP contribution is 2.23. The molecule has 162 valence electrons. The molecule has 1 N–H and O–H groups in total. The van der Waals surface area contributed by atoms with Gasteiger partial charge in [0, 0.05) is 17.0 Å². The van der Waals surface area contributed by atoms with Crippen molar-refractivity contribution in [1.82, 2.24) is 20.0 Å². The van der Waals surface area contributed by atoms with Crippen molar-refractivity contribution in [1.29, 1.82) is 0 Å². The summed E-state index contributed by atoms with van der Waals surface area (Å²) in [5, 5.41) is 9.27. The molecule has 0 aliphatic carbocycles. The van der Waals surface area contributed by atoms with Gasteiger partial charge in [0.1, 0.15) is 5.75 Å². The summed E-state index contributed by atoms with van der Waals surface area (Å²) in [6.45, 7) is 3.61. The maximum Gasteiger partial charge on any atom is 0.274 e. The van der Waals surface area contributed by atoms with Gasteiger partial charge >= 0.3 is 0 Å². The van der Waals surface area contributed by atoms with Gasteiger partial charge in [-0.1, -0.05) is 29.8 Å². The van der Waals surface area contributed by atoms with Gasteiger partial charge in [-0.15, -0.1) is 0 Å². The highest BCUT2D eigenvalue weighted by atomic mass is 35.5. The third-order valence-corrected chi connectivity index (χ3v) is 5.83. The van der Waals surface area contributed by atoms with E-state index in [9.17, 15) is 9.59 Å². The quantitative estimate of drug-likeness (QED) is 0.611. The lowest BCUT2D eigenvalue weighted by atomic mass is 10.1. The van der Waals surface area contributed by atoms with Crippen molar-refractivity contribution in [2.24, 2.45) is 0 Å². The monoisotopic (exact) mass is 440 g/mol. The lowest BCUT2D eigenvalue weighted by molar-refractivity contribution is 0.0947. The SMILES string of the molecule is COc1ccc(Cl)cc1C(=O)NCc1nn(CCN2CCCC2)c(=O)c2ccccc12. The van der Waals surface area contributed by atoms with Gasteiger partial charge in [0.2, 0.25) is 0 Å². The minimum atomic E-state index is -0.319. The van der Waals surface area contributed by atoms with Gasteiger partial charge in [-0.3, -0.25) is 9.59 Å². The molecule has 8 heteroatoms. The lowest BCUT2D eigenvalue weighted by Gasteiger charge is -2.16. The van der Waals surface area contributed by atoms with Gasteiger partial charge in [-0.05, 0) is 50.2 Å². The smallest absolute Gasteiger partial charge is 0.274 e. The summed E-state index contributed by atoms with van der Waals surface area (Å²) >= 11 is 6.05. The molecule has 0 atom stereocenters. The fraction of sp³-hybridized carbons (Fsp3) is 0.348. The zero-order valence-corrected chi connectivity index (χ0v) is 18.2. The summed E-state index contributed by atoms with van der Waals surface area (Å²) in [4.78, 5) is 28.1. The van der Waals surface area contributed by atoms with Crippen molar-refractivity contribution in [2.75, 3.05) is 26.7 Å². The Balaban J connectivity index is 1.59. The number of ether oxygens (including phenoxy) is 1. The Morgan fingerprint density at radius 2 is 1.87 bits per heavy atom. The molecule has 31 heavy (non-hydrogen) atoms. The van der Waals surface area contributed by atoms with E-state index < -0.39 is 0 Å². The van der Waals surface area contributed by atoms with Crippen LogP contribution in [0.5, 0.6) is 5.75 Å². The largest absolute Gasteiger partial charge is 0.496 e. The third kappa shape index (κ3) is 4.73. The Bertz CT molecular complexity index is 1160. The first kappa shape index (κ1) is 21.3. The Hall–Kier alpha value is -2.90. The molecule has 0 saturated carbocycles. The molecule has 1 aromatic heterocycles. The zero-order chi connectivity index (χ0) is 21.8. The average Bonchev–Trinajstić information content (AvgIpc) is 3.31. The van der Waals surface area contributed by atoms with E-state index >= 15 is 0 Å². The number of methoxy groups -OCH3 is 1. The molecule has 1 aliphatic heterocycles. The van der Waals surface area contributed by atoms with Crippen molar-refractivity contribution < 1.29 is 9.53 Å². The summed E-state index contributed by atoms with van der Waals surface area (Å²) < 4.78 is 6.79. The minimum Gasteiger partial charge on any atom is -0.496 e. The van der Waals surface area contributed by atoms with Crippen molar-refractivity contribution in [3.8, 4) is 5.75 Å². The van der Waals surface area contributed by atoms with Crippen LogP contribution in [0.1, 0.15) is 28.9 Å². The van der Waals surface area contributed by atoms with E-state index in [0.29, 0.717) is 34.0 Å². The Morgan fingerprint density at radius 1 is 1.13 bits per heavy atom. The normalized spacial score (nSPS) is 14.1. The molecule has 1 aliphatic rings. The number of carbonyl (C=O) groups is 1. The second-order valence-corrected chi connectivity index (χ2v) is 8.03. The molecule has 0 radical (unpaired) electrons. The molecule has 3 aromatic rings. The fourth-order valence-electron chi connectivity index (χ4n) is 3.95. The van der Waals surface area contributed by atoms with E-state index in [1.165, 1.54) is 24.6 Å². The standard InChI is InChI=1S/C23H25ClN4O3/c1-31-21-9-8-16(24)14-19(21)22(29)25-15-20-17-6-2-3-7-18(17)23(30)28(26-20)13-12-27-10-4-5-11-27/h2-3,6-9,14H,4-5,10-13,15H2,1H3,(H,25,29). The Morgan fingerprint density at radius 3 is 2.61 bits per heavy atom. The second-order valence-electron chi connectivity index (χ2n) is 7.60. The van der Waals surface area contributed by atoms with Crippen LogP contribution in [0.3, 0.4) is 0 Å². The number of carbonyl (C=O) groups excluding carboxylic acids is 1. The van der Waals surface area contributed by atoms with Gasteiger partial charge in [0.15, 0.2) is 0 Å². The first-order valence-corrected chi connectivity index (χ1v) is 10.8. The second kappa shape index (κ2) is 9.49. The number of fused-ring (bicyclic) bond motifs is 1. The summed E-state index contributed by atoms with van der Waals surface area (Å²) in [5.41, 5.74) is 0.883. The maximum absolute atomic E-state index is 12.9. The summed E-state index contributed by atoms with van der Waals surface area (Å²) in [7, 11) is 1.51. The zero-order valence-electron chi connectivity index (χ0n) is 17.4. The van der Waals surface area contributed by atoms with E-state index in [4.69, 9.17) is 16.3 Å². The van der Waals surface area contributed by atoms with E-state index in [0.717, 1.165) is 25.0 Å². The first-order valence-electron chi connectivity index (χ1n) is 10.4. The van der Waals surface area contributed by atoms with Crippen molar-refractivity contribution in [3.63, 3.8) is 0 Å². The number of hydrogen-bond donors (Lipinski definition) is 1. The molecular formula is C23H25ClN4O3. The van der Waals surface area contributed by atoms with Crippen LogP contribution in [0.4, 0.5) is 0 Å². The summed E-state index contributed by atoms with van der Waals surface area (Å²) in [6.07, 6.45) is 2.40. The van der Waals surface area contributed by atoms with Crippen LogP contribution in [-0.4, -0.2) is 47.3 Å². The topological polar surface area (TPSA) is 76.5 Å². The van der Waals surface area contributed by atoms with Crippen LogP contribution >= 0.6 is 11.6 Å². The molecule has 2 heterocycles. The number of hydrogen-bond acceptors (Lipinski definition) is 5. The highest BCUT2D eigenvalue weighted by Gasteiger charge is 2.16. The molecular weight excluding hydrogens is 416 g/mol. The number of halogens is 1. The van der Waals surface area contributed by atoms with Crippen molar-refractivity contribution in [2.45, 2.75) is 25.9 Å². The number of aromatic nitrogens is 2. The minimum absolute atomic E-state index is 0.110. The van der Waals surface area contributed by atoms with Crippen LogP contribution in [0.15, 0.2) is 47.3 Å². The van der Waals surface area contributed by atoms with Crippen LogP contribution in [0, 0.1) is 0 Å². The molecule has 0 spiro atoms. The maximum atomic E-state index is 12.9. The molecule has 2 aromatic carbocycles. The van der Waals surface area contributed by atoms with Gasteiger partial charge in [-0.25, -0.2) is 4.68 Å². The molecule has 7 nitrogen and oxygen atoms in total. The van der Waals surface area contributed by atoms with Gasteiger partial charge in [0.05, 0.1) is 36.8 Å². The lowest BCUT2D eigenvalue weighted by Crippen LogP contribution is -2.32. The third-order valence-electron chi connectivity index (χ3n) is 5.59. The summed E-state index contributed by atoms with van der Waals surface area (Å²) in [6, 6.07) is 12.3. The Labute approximate surface area is 185 Å². The van der Waals surface area contributed by atoms with Gasteiger partial charge in [0.25, 0.3) is 11.5 Å². The summed E-state index contributed by atoms with van der Waals surface area (Å²) in [5.74, 6) is 0.121. The van der Waals surface area contributed by atoms with Gasteiger partial charge in [-0.2, -0.15) is 5.10 Å². The molecule has 1 fully saturated rings. The highest BCUT2D eigenvalue weighted by molar-refractivity contribution is 6.31. The van der Waals surface area contributed by atoms with E-state index in [1.807, 2.05) is 18.2 Å². The average molecular weight is 441 g/mol. The van der Waals surface area contributed by atoms with E-state index in [1.54, 1.807) is 24.3 Å². The first-order chi connectivity index (χ1) is 15.1. The number of nitrogens with one attached hydrogen (secondary N) is 1. The molecule has 4 rings (SSSR count). The molecule has 1 amide bonds. The number of nitrogens with zero attached hydrogens (tertiary/aromatic N) is 3. The van der Waals surface area contributed by atoms with Crippen molar-refractivity contribution in [3.05, 3.63) is 69.1 Å². The van der Waals surface area contributed by atoms with Crippen LogP contribution in [-0.2, 0) is 13.1 Å². The fourth-order valence-corrected chi connectivity index (χ4v) is 4.12. The number of rotatable bonds is 7. The van der Waals surface area contributed by atoms with Crippen LogP contribution < -0.4 is 15.6 Å². The van der Waals surface area contributed by atoms with Crippen LogP contribution in [0.25, 0.3) is 10.8 Å². The molecule has 0 unspecified atom stereocenters. The number of amides is 1. The van der Waals surface area contributed by atoms with Crippen molar-refractivity contribution >= 4 is 28.3 Å². The molecule has 0 bridgehead atoms. The predicted molar refractivity (Wildman–Crippen MR) is 121 cm³/mol. The number of benzene rings is 2. The van der Waals surface area contributed by atoms with Gasteiger partial charge < -0.3 is 15.0 Å². The predicted octanol–water partition coefficient (Wildman–Crippen LogP) is 3.08. The van der Waals surface area contributed by atoms with Crippen LogP contribution in [0.2, 0.25) is 5.02 Å². The number of likely N-dealkylation sites (tertiary alicyclic amines) is 1. The van der Waals surface area contributed by atoms with E-state index in [2.05, 4.69) is 15.3 Å².